The molecule has 2 amide bonds. The topological polar surface area (TPSA) is 208 Å². The fourth-order valence-corrected chi connectivity index (χ4v) is 8.32. The van der Waals surface area contributed by atoms with Gasteiger partial charge in [-0.3, -0.25) is 14.6 Å². The summed E-state index contributed by atoms with van der Waals surface area (Å²) < 4.78 is 2.23. The summed E-state index contributed by atoms with van der Waals surface area (Å²) in [5.74, 6) is -2.62. The van der Waals surface area contributed by atoms with E-state index in [1.807, 2.05) is 66.7 Å². The van der Waals surface area contributed by atoms with Crippen LogP contribution < -0.4 is 11.5 Å². The Morgan fingerprint density at radius 3 is 2.02 bits per heavy atom. The van der Waals surface area contributed by atoms with Crippen LogP contribution in [0, 0.1) is 0 Å². The number of imidazole rings is 1. The molecule has 3 heterocycles. The number of carbonyl (C=O) groups excluding carboxylic acids is 2. The maximum Gasteiger partial charge on any atom is 0.337 e. The highest BCUT2D eigenvalue weighted by Gasteiger charge is 2.30. The summed E-state index contributed by atoms with van der Waals surface area (Å²) in [5, 5.41) is 33.3. The van der Waals surface area contributed by atoms with Crippen LogP contribution in [0.4, 0.5) is 0 Å². The van der Waals surface area contributed by atoms with Gasteiger partial charge in [-0.25, -0.2) is 14.8 Å². The molecule has 0 saturated heterocycles. The van der Waals surface area contributed by atoms with Crippen molar-refractivity contribution in [2.75, 3.05) is 0 Å². The molecule has 1 fully saturated rings. The molecule has 5 aromatic carbocycles. The van der Waals surface area contributed by atoms with Gasteiger partial charge < -0.3 is 31.4 Å². The summed E-state index contributed by atoms with van der Waals surface area (Å²) in [6.07, 6.45) is 6.65. The zero-order valence-corrected chi connectivity index (χ0v) is 31.0. The lowest BCUT2D eigenvalue weighted by Crippen LogP contribution is -2.14. The fourth-order valence-electron chi connectivity index (χ4n) is 8.32. The third-order valence-electron chi connectivity index (χ3n) is 11.1. The number of aromatic carboxylic acids is 1. The molecular weight excluding hydrogens is 733 g/mol. The van der Waals surface area contributed by atoms with Crippen molar-refractivity contribution in [1.29, 1.82) is 0 Å². The van der Waals surface area contributed by atoms with Gasteiger partial charge in [0.25, 0.3) is 11.8 Å². The summed E-state index contributed by atoms with van der Waals surface area (Å²) >= 11 is 0. The molecule has 12 heteroatoms. The van der Waals surface area contributed by atoms with Gasteiger partial charge in [0, 0.05) is 39.7 Å². The normalized spacial score (nSPS) is 13.3. The van der Waals surface area contributed by atoms with Crippen LogP contribution in [0.15, 0.2) is 109 Å². The average Bonchev–Trinajstić information content (AvgIpc) is 3.62. The molecular formula is C46H36N6O6. The Morgan fingerprint density at radius 2 is 1.29 bits per heavy atom. The van der Waals surface area contributed by atoms with Gasteiger partial charge in [0.15, 0.2) is 0 Å². The number of carbonyl (C=O) groups is 3. The van der Waals surface area contributed by atoms with Crippen molar-refractivity contribution in [2.45, 2.75) is 38.1 Å². The summed E-state index contributed by atoms with van der Waals surface area (Å²) in [4.78, 5) is 52.6. The van der Waals surface area contributed by atoms with Crippen molar-refractivity contribution in [3.8, 4) is 56.4 Å². The first kappa shape index (κ1) is 36.1. The smallest absolute Gasteiger partial charge is 0.337 e. The van der Waals surface area contributed by atoms with Gasteiger partial charge in [0.1, 0.15) is 17.3 Å². The van der Waals surface area contributed by atoms with Crippen molar-refractivity contribution in [1.82, 2.24) is 19.5 Å². The number of hydrogen-bond donors (Lipinski definition) is 5. The first-order valence-electron chi connectivity index (χ1n) is 18.9. The highest BCUT2D eigenvalue weighted by atomic mass is 16.4. The van der Waals surface area contributed by atoms with Gasteiger partial charge in [0.05, 0.1) is 44.5 Å². The van der Waals surface area contributed by atoms with Crippen molar-refractivity contribution in [3.05, 3.63) is 126 Å². The lowest BCUT2D eigenvalue weighted by atomic mass is 9.88. The van der Waals surface area contributed by atoms with Gasteiger partial charge in [-0.1, -0.05) is 43.5 Å². The number of aromatic hydroxyl groups is 2. The summed E-state index contributed by atoms with van der Waals surface area (Å²) in [6.45, 7) is 0. The molecule has 12 nitrogen and oxygen atoms in total. The summed E-state index contributed by atoms with van der Waals surface area (Å²) in [5.41, 5.74) is 17.5. The standard InChI is InChI=1S/C46H36N6O6/c47-43(55)32-21-24(11-16-38(32)53)31-23-37-42(40(41(31)46(57)58)28-9-13-34-25(19-28)5-4-18-49-34)51-45(52(37)30-6-2-1-3-7-30)29-10-15-35-26(20-29)8-14-36(50-35)27-12-17-39(54)33(22-27)44(48)56/h4-5,8-23,30,53-54H,1-3,6-7H2,(H2,47,55)(H2,48,56)(H,57,58). The molecule has 8 aromatic rings. The zero-order chi connectivity index (χ0) is 40.2. The monoisotopic (exact) mass is 768 g/mol. The molecule has 0 aliphatic heterocycles. The molecule has 9 rings (SSSR count). The highest BCUT2D eigenvalue weighted by molar-refractivity contribution is 6.13. The van der Waals surface area contributed by atoms with Gasteiger partial charge in [0.2, 0.25) is 0 Å². The number of hydrogen-bond acceptors (Lipinski definition) is 8. The van der Waals surface area contributed by atoms with Gasteiger partial charge in [-0.15, -0.1) is 0 Å². The minimum absolute atomic E-state index is 0.00372. The first-order valence-corrected chi connectivity index (χ1v) is 18.9. The predicted molar refractivity (Wildman–Crippen MR) is 222 cm³/mol. The lowest BCUT2D eigenvalue weighted by molar-refractivity contribution is 0.0698. The number of nitrogens with two attached hydrogens (primary N) is 2. The number of aromatic nitrogens is 4. The first-order chi connectivity index (χ1) is 28.0. The van der Waals surface area contributed by atoms with Gasteiger partial charge in [-0.05, 0) is 108 Å². The number of carboxylic acids is 1. The minimum Gasteiger partial charge on any atom is -0.507 e. The Morgan fingerprint density at radius 1 is 0.655 bits per heavy atom. The number of phenols is 2. The Labute approximate surface area is 331 Å². The largest absolute Gasteiger partial charge is 0.507 e. The second-order valence-electron chi connectivity index (χ2n) is 14.7. The Bertz CT molecular complexity index is 3020. The predicted octanol–water partition coefficient (Wildman–Crippen LogP) is 8.61. The van der Waals surface area contributed by atoms with Crippen LogP contribution >= 0.6 is 0 Å². The Balaban J connectivity index is 1.31. The number of carboxylic acid groups (broad SMARTS) is 1. The van der Waals surface area contributed by atoms with Crippen molar-refractivity contribution >= 4 is 50.6 Å². The molecule has 1 aliphatic carbocycles. The number of rotatable bonds is 8. The molecule has 0 unspecified atom stereocenters. The van der Waals surface area contributed by atoms with E-state index in [4.69, 9.17) is 21.4 Å². The molecule has 286 valence electrons. The molecule has 1 saturated carbocycles. The fraction of sp³-hybridized carbons (Fsp3) is 0.130. The van der Waals surface area contributed by atoms with E-state index in [2.05, 4.69) is 9.55 Å². The average molecular weight is 769 g/mol. The number of fused-ring (bicyclic) bond motifs is 3. The number of benzene rings is 5. The quantitative estimate of drug-likeness (QED) is 0.100. The van der Waals surface area contributed by atoms with Crippen LogP contribution in [0.5, 0.6) is 11.5 Å². The lowest BCUT2D eigenvalue weighted by Gasteiger charge is -2.26. The molecule has 58 heavy (non-hydrogen) atoms. The molecule has 0 spiro atoms. The van der Waals surface area contributed by atoms with Gasteiger partial charge in [-0.2, -0.15) is 0 Å². The Kier molecular flexibility index (Phi) is 8.80. The molecule has 1 aliphatic rings. The van der Waals surface area contributed by atoms with Crippen molar-refractivity contribution in [3.63, 3.8) is 0 Å². The van der Waals surface area contributed by atoms with Crippen molar-refractivity contribution < 1.29 is 29.7 Å². The third-order valence-corrected chi connectivity index (χ3v) is 11.1. The van der Waals surface area contributed by atoms with Crippen molar-refractivity contribution in [2.24, 2.45) is 11.5 Å². The SMILES string of the molecule is NC(=O)c1cc(-c2ccc3cc(-c4nc5c(-c6ccc7ncccc7c6)c(C(=O)O)c(-c6ccc(O)c(C(N)=O)c6)cc5n4C4CCCCC4)ccc3n2)ccc1O. The van der Waals surface area contributed by atoms with Crippen LogP contribution in [-0.2, 0) is 0 Å². The Hall–Kier alpha value is -7.60. The summed E-state index contributed by atoms with van der Waals surface area (Å²) in [6, 6.07) is 29.9. The van der Waals surface area contributed by atoms with E-state index in [9.17, 15) is 29.7 Å². The second-order valence-corrected chi connectivity index (χ2v) is 14.7. The number of nitrogens with zero attached hydrogens (tertiary/aromatic N) is 4. The highest BCUT2D eigenvalue weighted by Crippen LogP contribution is 2.45. The summed E-state index contributed by atoms with van der Waals surface area (Å²) in [7, 11) is 0. The van der Waals surface area contributed by atoms with Crippen LogP contribution in [0.2, 0.25) is 0 Å². The molecule has 0 atom stereocenters. The number of primary amides is 2. The van der Waals surface area contributed by atoms with Crippen LogP contribution in [0.3, 0.4) is 0 Å². The van der Waals surface area contributed by atoms with Crippen LogP contribution in [-0.4, -0.2) is 52.6 Å². The van der Waals surface area contributed by atoms with E-state index in [1.54, 1.807) is 18.3 Å². The van der Waals surface area contributed by atoms with E-state index in [1.165, 1.54) is 24.3 Å². The van der Waals surface area contributed by atoms with E-state index in [0.717, 1.165) is 59.5 Å². The van der Waals surface area contributed by atoms with Crippen LogP contribution in [0.25, 0.3) is 77.7 Å². The molecule has 0 radical (unpaired) electrons. The van der Waals surface area contributed by atoms with E-state index in [0.29, 0.717) is 50.4 Å². The van der Waals surface area contributed by atoms with E-state index < -0.39 is 17.8 Å². The minimum atomic E-state index is -1.19. The maximum atomic E-state index is 13.6. The third kappa shape index (κ3) is 6.20. The molecule has 7 N–H and O–H groups in total. The number of pyridine rings is 2. The van der Waals surface area contributed by atoms with E-state index in [-0.39, 0.29) is 34.2 Å². The van der Waals surface area contributed by atoms with E-state index >= 15 is 0 Å². The van der Waals surface area contributed by atoms with Gasteiger partial charge >= 0.3 is 5.97 Å². The zero-order valence-electron chi connectivity index (χ0n) is 31.0. The van der Waals surface area contributed by atoms with Crippen LogP contribution in [0.1, 0.15) is 69.2 Å². The molecule has 3 aromatic heterocycles. The second kappa shape index (κ2) is 14.2. The molecule has 0 bridgehead atoms. The number of amides is 2. The maximum absolute atomic E-state index is 13.6.